The maximum atomic E-state index is 15.8. The summed E-state index contributed by atoms with van der Waals surface area (Å²) < 4.78 is 233. The molecule has 2 aliphatic carbocycles. The Morgan fingerprint density at radius 2 is 1.52 bits per heavy atom. The van der Waals surface area contributed by atoms with Crippen LogP contribution < -0.4 is 15.2 Å². The van der Waals surface area contributed by atoms with Crippen LogP contribution in [0.25, 0.3) is 22.0 Å². The SMILES string of the molecule is Cc1cc(CC(=O)N[C@H](CC(=O)O)C(=O)O)c(C(C)(C)CC(=O)N(Cc2nn(CC(F)(F)F)c3c(-c4ccc(C#CC(C)(C)S(C)(=O)=O)nc4[C@H](Cc4cc(F)cc(F)c4)NC(=O)Cn4nc(C(F)(F)F)c5c4C(F)(F)[C@@H]4C[C@H]54)ccc(Cl)c23)S(=O)[O-])c(OP(=O)(OC(C)C)OC(C)C)c1. The largest absolute Gasteiger partial charge is 0.755 e. The maximum absolute atomic E-state index is 15.8. The molecule has 23 nitrogen and oxygen atoms in total. The van der Waals surface area contributed by atoms with Crippen molar-refractivity contribution in [2.75, 3.05) is 6.26 Å². The fraction of sp³-hybridized carbons (Fsp3) is 0.460. The van der Waals surface area contributed by atoms with Crippen LogP contribution in [0, 0.1) is 36.3 Å². The number of phosphoric acid groups is 1. The van der Waals surface area contributed by atoms with Crippen LogP contribution in [0.2, 0.25) is 5.02 Å². The summed E-state index contributed by atoms with van der Waals surface area (Å²) in [6.07, 6.45) is -15.2. The van der Waals surface area contributed by atoms with Gasteiger partial charge in [0.15, 0.2) is 15.5 Å². The predicted molar refractivity (Wildman–Crippen MR) is 337 cm³/mol. The molecule has 100 heavy (non-hydrogen) atoms. The third-order valence-electron chi connectivity index (χ3n) is 16.0. The number of halogens is 11. The van der Waals surface area contributed by atoms with Crippen LogP contribution in [0.4, 0.5) is 43.9 Å². The number of aromatic nitrogens is 5. The number of nitrogens with zero attached hydrogens (tertiary/aromatic N) is 6. The van der Waals surface area contributed by atoms with Crippen LogP contribution >= 0.6 is 19.4 Å². The van der Waals surface area contributed by atoms with E-state index in [4.69, 9.17) is 25.2 Å². The first-order valence-electron chi connectivity index (χ1n) is 30.2. The third-order valence-corrected chi connectivity index (χ3v) is 20.7. The Bertz CT molecular complexity index is 4500. The van der Waals surface area contributed by atoms with E-state index < -0.39 is 224 Å². The second-order valence-electron chi connectivity index (χ2n) is 25.7. The number of carbonyl (C=O) groups excluding carboxylic acids is 3. The fourth-order valence-corrected chi connectivity index (χ4v) is 14.2. The molecule has 3 amide bonds. The molecular formula is C63H65ClF10N8O15PS2-. The van der Waals surface area contributed by atoms with E-state index in [1.165, 1.54) is 74.4 Å². The molecule has 0 aliphatic heterocycles. The van der Waals surface area contributed by atoms with E-state index in [1.54, 1.807) is 0 Å². The van der Waals surface area contributed by atoms with E-state index in [0.717, 1.165) is 42.7 Å². The lowest BCUT2D eigenvalue weighted by molar-refractivity contribution is -0.147. The molecule has 6 aromatic rings. The molecule has 4 N–H and O–H groups in total. The first-order chi connectivity index (χ1) is 46.0. The second-order valence-corrected chi connectivity index (χ2v) is 31.1. The normalized spacial score (nSPS) is 16.3. The van der Waals surface area contributed by atoms with Gasteiger partial charge in [-0.15, -0.1) is 0 Å². The average molecular weight is 1490 g/mol. The van der Waals surface area contributed by atoms with Gasteiger partial charge in [0.2, 0.25) is 17.7 Å². The Morgan fingerprint density at radius 3 is 2.08 bits per heavy atom. The van der Waals surface area contributed by atoms with Gasteiger partial charge in [0.25, 0.3) is 5.92 Å². The number of phosphoric ester groups is 1. The van der Waals surface area contributed by atoms with Crippen molar-refractivity contribution in [2.45, 2.75) is 173 Å². The van der Waals surface area contributed by atoms with Gasteiger partial charge in [0, 0.05) is 57.7 Å². The van der Waals surface area contributed by atoms with Crippen molar-refractivity contribution < 1.29 is 113 Å². The molecule has 2 aliphatic rings. The van der Waals surface area contributed by atoms with Gasteiger partial charge in [0.1, 0.15) is 52.7 Å². The fourth-order valence-electron chi connectivity index (χ4n) is 11.7. The summed E-state index contributed by atoms with van der Waals surface area (Å²) in [6, 6.07) is 5.29. The van der Waals surface area contributed by atoms with Crippen molar-refractivity contribution in [3.05, 3.63) is 128 Å². The molecule has 1 fully saturated rings. The van der Waals surface area contributed by atoms with Gasteiger partial charge in [-0.05, 0) is 126 Å². The summed E-state index contributed by atoms with van der Waals surface area (Å²) in [4.78, 5) is 71.2. The number of benzene rings is 3. The quantitative estimate of drug-likeness (QED) is 0.0161. The highest BCUT2D eigenvalue weighted by Crippen LogP contribution is 2.68. The number of carbonyl (C=O) groups is 5. The highest BCUT2D eigenvalue weighted by Gasteiger charge is 2.68. The number of carboxylic acid groups (broad SMARTS) is 2. The van der Waals surface area contributed by atoms with Crippen molar-refractivity contribution in [1.29, 1.82) is 0 Å². The molecule has 37 heteroatoms. The van der Waals surface area contributed by atoms with Crippen molar-refractivity contribution in [3.8, 4) is 28.7 Å². The molecular weight excluding hydrogens is 1430 g/mol. The Morgan fingerprint density at radius 1 is 0.900 bits per heavy atom. The Kier molecular flexibility index (Phi) is 22.4. The van der Waals surface area contributed by atoms with Gasteiger partial charge in [0.05, 0.1) is 70.8 Å². The number of amides is 3. The Balaban J connectivity index is 1.29. The van der Waals surface area contributed by atoms with E-state index in [0.29, 0.717) is 10.7 Å². The van der Waals surface area contributed by atoms with Crippen LogP contribution in [-0.4, -0.2) is 121 Å². The number of alkyl halides is 8. The minimum Gasteiger partial charge on any atom is -0.755 e. The lowest BCUT2D eigenvalue weighted by Gasteiger charge is -2.33. The van der Waals surface area contributed by atoms with E-state index in [2.05, 4.69) is 37.7 Å². The average Bonchev–Trinajstić information content (AvgIpc) is 1.52. The Hall–Kier alpha value is -8.00. The van der Waals surface area contributed by atoms with E-state index in [-0.39, 0.29) is 60.2 Å². The molecule has 0 saturated heterocycles. The zero-order valence-corrected chi connectivity index (χ0v) is 57.9. The Labute approximate surface area is 572 Å². The minimum absolute atomic E-state index is 0.0885. The summed E-state index contributed by atoms with van der Waals surface area (Å²) >= 11 is 3.17. The molecule has 542 valence electrons. The monoisotopic (exact) mass is 1490 g/mol. The number of aryl methyl sites for hydroxylation is 1. The summed E-state index contributed by atoms with van der Waals surface area (Å²) in [5, 5.41) is 30.3. The number of rotatable bonds is 27. The van der Waals surface area contributed by atoms with Crippen LogP contribution in [0.1, 0.15) is 143 Å². The van der Waals surface area contributed by atoms with Crippen molar-refractivity contribution in [1.82, 2.24) is 39.5 Å². The summed E-state index contributed by atoms with van der Waals surface area (Å²) in [5.41, 5.74) is -8.68. The van der Waals surface area contributed by atoms with Crippen LogP contribution in [0.15, 0.2) is 54.6 Å². The molecule has 1 saturated carbocycles. The summed E-state index contributed by atoms with van der Waals surface area (Å²) in [7, 11) is -8.70. The topological polar surface area (TPSA) is 321 Å². The number of sulfone groups is 1. The van der Waals surface area contributed by atoms with Gasteiger partial charge >= 0.3 is 32.1 Å². The molecule has 5 atom stereocenters. The van der Waals surface area contributed by atoms with Gasteiger partial charge in [-0.1, -0.05) is 43.5 Å². The van der Waals surface area contributed by atoms with Gasteiger partial charge in [-0.25, -0.2) is 31.5 Å². The van der Waals surface area contributed by atoms with E-state index in [9.17, 15) is 69.1 Å². The van der Waals surface area contributed by atoms with Gasteiger partial charge in [-0.2, -0.15) is 45.3 Å². The lowest BCUT2D eigenvalue weighted by atomic mass is 9.77. The second kappa shape index (κ2) is 28.8. The van der Waals surface area contributed by atoms with Crippen molar-refractivity contribution in [3.63, 3.8) is 0 Å². The molecule has 0 spiro atoms. The number of pyridine rings is 1. The van der Waals surface area contributed by atoms with Crippen molar-refractivity contribution in [2.24, 2.45) is 5.92 Å². The number of carboxylic acids is 2. The zero-order valence-electron chi connectivity index (χ0n) is 54.6. The molecule has 8 rings (SSSR count). The van der Waals surface area contributed by atoms with Gasteiger partial charge < -0.3 is 29.9 Å². The first-order valence-corrected chi connectivity index (χ1v) is 35.0. The van der Waals surface area contributed by atoms with Crippen molar-refractivity contribution >= 4 is 81.1 Å². The number of nitrogens with one attached hydrogen (secondary N) is 2. The van der Waals surface area contributed by atoms with Crippen LogP contribution in [0.5, 0.6) is 5.75 Å². The third kappa shape index (κ3) is 17.8. The van der Waals surface area contributed by atoms with Gasteiger partial charge in [-0.3, -0.25) is 46.1 Å². The molecule has 0 bridgehead atoms. The molecule has 3 aromatic heterocycles. The number of hydrogen-bond donors (Lipinski definition) is 4. The van der Waals surface area contributed by atoms with Crippen LogP contribution in [-0.2, 0) is 109 Å². The summed E-state index contributed by atoms with van der Waals surface area (Å²) in [5.74, 6) is -11.5. The highest BCUT2D eigenvalue weighted by molar-refractivity contribution is 7.92. The lowest BCUT2D eigenvalue weighted by Crippen LogP contribution is -2.43. The standard InChI is InChI=1S/C63H66ClF10N8O15PS2/c1-30(2)95-98(90,96-31(3)4)97-46-18-32(5)17-34(22-47(83)77-44(58(88)89)25-50(86)87)53(46)59(6,7)26-49(85)82(99(91)92)27-45-52-42(64)14-13-39(55(52)81(78-45)29-61(67,68)69)38-12-11-37(15-16-60(8,9)100(10,93)94)75-54(38)43(21-33-19-35(65)23-36(66)20-33)76-48(84)28-80-57-51(56(79-80)63(72,73)74)40-24-41(40)62(57,70)71/h11-14,17-20,23,30-31,40-41,43-44H,21-22,24-29H2,1-10H3,(H,76,84)(H,77,83)(H,86,87)(H,88,89)(H,91,92)/p-1/t40-,41+,43-,44+/m0/s1. The van der Waals surface area contributed by atoms with Crippen LogP contribution in [0.3, 0.4) is 0 Å². The number of fused-ring (bicyclic) bond motifs is 4. The number of aliphatic carboxylic acids is 2. The smallest absolute Gasteiger partial charge is 0.530 e. The molecule has 3 aromatic carbocycles. The zero-order chi connectivity index (χ0) is 74.6. The molecule has 3 heterocycles. The number of hydrogen-bond acceptors (Lipinski definition) is 16. The van der Waals surface area contributed by atoms with E-state index in [1.807, 2.05) is 0 Å². The maximum Gasteiger partial charge on any atom is 0.530 e. The first kappa shape index (κ1) is 77.7. The predicted octanol–water partition coefficient (Wildman–Crippen LogP) is 11.0. The highest BCUT2D eigenvalue weighted by atomic mass is 35.5. The summed E-state index contributed by atoms with van der Waals surface area (Å²) in [6.45, 7) is 7.89. The van der Waals surface area contributed by atoms with E-state index >= 15 is 30.7 Å². The molecule has 0 radical (unpaired) electrons. The minimum atomic E-state index is -5.28. The molecule has 1 unspecified atom stereocenters.